The van der Waals surface area contributed by atoms with Gasteiger partial charge in [0, 0.05) is 37.5 Å². The van der Waals surface area contributed by atoms with E-state index in [0.717, 1.165) is 77.2 Å². The number of allylic oxidation sites excluding steroid dienone is 2. The fourth-order valence-corrected chi connectivity index (χ4v) is 9.07. The maximum absolute atomic E-state index is 13.7. The molecule has 0 heterocycles. The molecule has 1 aliphatic rings. The molecule has 0 aliphatic heterocycles. The molecular weight excluding hydrogens is 767 g/mol. The van der Waals surface area contributed by atoms with Crippen molar-refractivity contribution in [3.63, 3.8) is 0 Å². The van der Waals surface area contributed by atoms with Crippen molar-refractivity contribution >= 4 is 23.9 Å². The third-order valence-corrected chi connectivity index (χ3v) is 12.7. The average Bonchev–Trinajstić information content (AvgIpc) is 3.54. The zero-order valence-corrected chi connectivity index (χ0v) is 41.1. The lowest BCUT2D eigenvalue weighted by molar-refractivity contribution is -0.163. The van der Waals surface area contributed by atoms with E-state index in [2.05, 4.69) is 51.7 Å². The SMILES string of the molecule is CC/C=C\CC1C(CC(=O)OC(C)(C)CC(C)(C)C(COC(=O)CCCCCCCCCCC)COC(=O)CCCCCCCCCCC)CCC1OC(=O)CCCN(C)C. The quantitative estimate of drug-likeness (QED) is 0.0259. The number of ether oxygens (including phenoxy) is 4. The third kappa shape index (κ3) is 28.8. The Morgan fingerprint density at radius 3 is 1.56 bits per heavy atom. The van der Waals surface area contributed by atoms with Gasteiger partial charge in [-0.3, -0.25) is 19.2 Å². The minimum absolute atomic E-state index is 0.0561. The number of carbonyl (C=O) groups is 4. The topological polar surface area (TPSA) is 108 Å². The molecule has 1 aliphatic carbocycles. The molecule has 0 bridgehead atoms. The van der Waals surface area contributed by atoms with Crippen molar-refractivity contribution in [1.82, 2.24) is 4.90 Å². The molecule has 0 N–H and O–H groups in total. The first kappa shape index (κ1) is 56.6. The van der Waals surface area contributed by atoms with Gasteiger partial charge in [0.05, 0.1) is 13.2 Å². The van der Waals surface area contributed by atoms with Crippen LogP contribution in [-0.4, -0.2) is 74.3 Å². The van der Waals surface area contributed by atoms with Gasteiger partial charge >= 0.3 is 23.9 Å². The fraction of sp³-hybridized carbons (Fsp3) is 0.885. The fourth-order valence-electron chi connectivity index (χ4n) is 9.07. The molecule has 0 spiro atoms. The van der Waals surface area contributed by atoms with E-state index in [1.165, 1.54) is 77.0 Å². The summed E-state index contributed by atoms with van der Waals surface area (Å²) in [6.07, 6.45) is 31.2. The van der Waals surface area contributed by atoms with Gasteiger partial charge in [0.15, 0.2) is 0 Å². The van der Waals surface area contributed by atoms with Crippen molar-refractivity contribution in [3.8, 4) is 0 Å². The Bertz CT molecular complexity index is 1160. The van der Waals surface area contributed by atoms with E-state index in [1.807, 2.05) is 27.9 Å². The molecule has 356 valence electrons. The number of unbranched alkanes of at least 4 members (excludes halogenated alkanes) is 16. The Balaban J connectivity index is 2.86. The highest BCUT2D eigenvalue weighted by Gasteiger charge is 2.42. The van der Waals surface area contributed by atoms with Crippen LogP contribution in [-0.2, 0) is 38.1 Å². The molecule has 1 saturated carbocycles. The highest BCUT2D eigenvalue weighted by atomic mass is 16.6. The lowest BCUT2D eigenvalue weighted by atomic mass is 9.72. The van der Waals surface area contributed by atoms with E-state index in [0.29, 0.717) is 25.7 Å². The Hall–Kier alpha value is -2.42. The zero-order valence-electron chi connectivity index (χ0n) is 41.1. The van der Waals surface area contributed by atoms with Gasteiger partial charge < -0.3 is 23.8 Å². The summed E-state index contributed by atoms with van der Waals surface area (Å²) < 4.78 is 24.0. The van der Waals surface area contributed by atoms with Crippen molar-refractivity contribution in [1.29, 1.82) is 0 Å². The summed E-state index contributed by atoms with van der Waals surface area (Å²) in [4.78, 5) is 54.4. The van der Waals surface area contributed by atoms with Crippen molar-refractivity contribution in [3.05, 3.63) is 12.2 Å². The summed E-state index contributed by atoms with van der Waals surface area (Å²) in [5, 5.41) is 0. The van der Waals surface area contributed by atoms with Crippen LogP contribution in [0, 0.1) is 23.2 Å². The van der Waals surface area contributed by atoms with Gasteiger partial charge in [0.25, 0.3) is 0 Å². The van der Waals surface area contributed by atoms with Crippen molar-refractivity contribution in [2.75, 3.05) is 33.9 Å². The molecule has 9 nitrogen and oxygen atoms in total. The second-order valence-corrected chi connectivity index (χ2v) is 19.9. The molecule has 1 fully saturated rings. The van der Waals surface area contributed by atoms with Gasteiger partial charge in [-0.2, -0.15) is 0 Å². The molecule has 9 heteroatoms. The monoisotopic (exact) mass is 862 g/mol. The van der Waals surface area contributed by atoms with Crippen LogP contribution in [0.5, 0.6) is 0 Å². The van der Waals surface area contributed by atoms with Gasteiger partial charge in [-0.05, 0) is 97.2 Å². The Morgan fingerprint density at radius 1 is 0.607 bits per heavy atom. The minimum atomic E-state index is -0.825. The minimum Gasteiger partial charge on any atom is -0.465 e. The maximum atomic E-state index is 13.7. The van der Waals surface area contributed by atoms with Crippen LogP contribution in [0.2, 0.25) is 0 Å². The Kier molecular flexibility index (Phi) is 31.6. The van der Waals surface area contributed by atoms with E-state index in [9.17, 15) is 19.2 Å². The van der Waals surface area contributed by atoms with E-state index >= 15 is 0 Å². The molecule has 3 atom stereocenters. The van der Waals surface area contributed by atoms with Crippen molar-refractivity contribution in [2.24, 2.45) is 23.2 Å². The van der Waals surface area contributed by atoms with Crippen LogP contribution in [0.15, 0.2) is 12.2 Å². The number of hydrogen-bond donors (Lipinski definition) is 0. The average molecular weight is 862 g/mol. The predicted octanol–water partition coefficient (Wildman–Crippen LogP) is 13.3. The van der Waals surface area contributed by atoms with E-state index in [-0.39, 0.29) is 67.4 Å². The van der Waals surface area contributed by atoms with Gasteiger partial charge in [0.2, 0.25) is 0 Å². The standard InChI is InChI=1S/C52H95NO8/c1-10-13-16-18-20-22-24-26-29-33-47(54)58-40-44(41-59-48(55)34-30-27-25-23-21-19-17-14-11-2)51(4,5)42-52(6,7)61-50(57)39-43-36-37-46(45(43)32-28-15-12-3)60-49(56)35-31-38-53(8)9/h15,28,43-46H,10-14,16-27,29-42H2,1-9H3/b28-15-. The van der Waals surface area contributed by atoms with Crippen LogP contribution in [0.1, 0.15) is 228 Å². The Labute approximate surface area is 375 Å². The molecular formula is C52H95NO8. The molecule has 0 aromatic rings. The summed E-state index contributed by atoms with van der Waals surface area (Å²) in [6, 6.07) is 0. The summed E-state index contributed by atoms with van der Waals surface area (Å²) in [5.41, 5.74) is -1.32. The predicted molar refractivity (Wildman–Crippen MR) is 250 cm³/mol. The highest BCUT2D eigenvalue weighted by molar-refractivity contribution is 5.71. The van der Waals surface area contributed by atoms with Crippen LogP contribution in [0.4, 0.5) is 0 Å². The first-order valence-electron chi connectivity index (χ1n) is 25.2. The van der Waals surface area contributed by atoms with Crippen LogP contribution in [0.25, 0.3) is 0 Å². The van der Waals surface area contributed by atoms with E-state index < -0.39 is 11.0 Å². The van der Waals surface area contributed by atoms with Crippen LogP contribution < -0.4 is 0 Å². The van der Waals surface area contributed by atoms with Crippen LogP contribution >= 0.6 is 0 Å². The number of carbonyl (C=O) groups excluding carboxylic acids is 4. The maximum Gasteiger partial charge on any atom is 0.306 e. The van der Waals surface area contributed by atoms with Crippen molar-refractivity contribution in [2.45, 2.75) is 240 Å². The summed E-state index contributed by atoms with van der Waals surface area (Å²) in [5.74, 6) is -1.01. The molecule has 0 radical (unpaired) electrons. The third-order valence-electron chi connectivity index (χ3n) is 12.7. The lowest BCUT2D eigenvalue weighted by Crippen LogP contribution is -2.41. The number of rotatable bonds is 38. The van der Waals surface area contributed by atoms with E-state index in [1.54, 1.807) is 0 Å². The van der Waals surface area contributed by atoms with Gasteiger partial charge in [-0.1, -0.05) is 150 Å². The van der Waals surface area contributed by atoms with Crippen molar-refractivity contribution < 1.29 is 38.1 Å². The first-order chi connectivity index (χ1) is 29.1. The van der Waals surface area contributed by atoms with Gasteiger partial charge in [-0.25, -0.2) is 0 Å². The highest BCUT2D eigenvalue weighted by Crippen LogP contribution is 2.41. The van der Waals surface area contributed by atoms with Crippen LogP contribution in [0.3, 0.4) is 0 Å². The molecule has 0 saturated heterocycles. The molecule has 0 aromatic carbocycles. The number of esters is 4. The normalized spacial score (nSPS) is 17.1. The van der Waals surface area contributed by atoms with Gasteiger partial charge in [0.1, 0.15) is 11.7 Å². The molecule has 3 unspecified atom stereocenters. The Morgan fingerprint density at radius 2 is 1.08 bits per heavy atom. The summed E-state index contributed by atoms with van der Waals surface area (Å²) in [6.45, 7) is 15.7. The number of nitrogens with zero attached hydrogens (tertiary/aromatic N) is 1. The molecule has 61 heavy (non-hydrogen) atoms. The second-order valence-electron chi connectivity index (χ2n) is 19.9. The largest absolute Gasteiger partial charge is 0.465 e. The molecule has 1 rings (SSSR count). The zero-order chi connectivity index (χ0) is 45.4. The lowest BCUT2D eigenvalue weighted by Gasteiger charge is -2.39. The van der Waals surface area contributed by atoms with E-state index in [4.69, 9.17) is 18.9 Å². The molecule has 0 amide bonds. The smallest absolute Gasteiger partial charge is 0.306 e. The number of hydrogen-bond acceptors (Lipinski definition) is 9. The molecule has 0 aromatic heterocycles. The van der Waals surface area contributed by atoms with Gasteiger partial charge in [-0.15, -0.1) is 0 Å². The first-order valence-corrected chi connectivity index (χ1v) is 25.2. The summed E-state index contributed by atoms with van der Waals surface area (Å²) >= 11 is 0. The second kappa shape index (κ2) is 34.0. The summed E-state index contributed by atoms with van der Waals surface area (Å²) in [7, 11) is 3.99.